The van der Waals surface area contributed by atoms with Crippen molar-refractivity contribution in [2.24, 2.45) is 5.92 Å². The van der Waals surface area contributed by atoms with Crippen LogP contribution in [0.15, 0.2) is 10.6 Å². The van der Waals surface area contributed by atoms with Crippen molar-refractivity contribution < 1.29 is 14.4 Å². The van der Waals surface area contributed by atoms with E-state index in [1.165, 1.54) is 31.7 Å². The van der Waals surface area contributed by atoms with Crippen LogP contribution in [0.4, 0.5) is 0 Å². The Labute approximate surface area is 99.4 Å². The molecule has 0 spiro atoms. The third kappa shape index (κ3) is 2.66. The Morgan fingerprint density at radius 2 is 2.24 bits per heavy atom. The van der Waals surface area contributed by atoms with Gasteiger partial charge in [-0.05, 0) is 31.6 Å². The van der Waals surface area contributed by atoms with Crippen molar-refractivity contribution in [2.75, 3.05) is 6.54 Å². The lowest BCUT2D eigenvalue weighted by atomic mass is 10.3. The van der Waals surface area contributed by atoms with E-state index < -0.39 is 5.97 Å². The molecular formula is C12H16N2O3. The molecule has 2 aliphatic carbocycles. The Hall–Kier alpha value is -1.36. The third-order valence-corrected chi connectivity index (χ3v) is 3.39. The Morgan fingerprint density at radius 1 is 1.47 bits per heavy atom. The van der Waals surface area contributed by atoms with Crippen LogP contribution in [0.1, 0.15) is 41.9 Å². The fourth-order valence-corrected chi connectivity index (χ4v) is 2.10. The molecule has 5 nitrogen and oxygen atoms in total. The van der Waals surface area contributed by atoms with Gasteiger partial charge in [0.2, 0.25) is 0 Å². The van der Waals surface area contributed by atoms with Crippen molar-refractivity contribution in [1.29, 1.82) is 0 Å². The molecule has 1 heterocycles. The van der Waals surface area contributed by atoms with Gasteiger partial charge in [0.05, 0.1) is 6.54 Å². The molecule has 0 radical (unpaired) electrons. The smallest absolute Gasteiger partial charge is 0.358 e. The fourth-order valence-electron chi connectivity index (χ4n) is 2.10. The summed E-state index contributed by atoms with van der Waals surface area (Å²) in [6, 6.07) is 2.21. The first-order chi connectivity index (χ1) is 8.22. The van der Waals surface area contributed by atoms with Crippen LogP contribution in [0, 0.1) is 5.92 Å². The number of hydrogen-bond acceptors (Lipinski definition) is 4. The van der Waals surface area contributed by atoms with E-state index >= 15 is 0 Å². The highest BCUT2D eigenvalue weighted by molar-refractivity contribution is 5.85. The second kappa shape index (κ2) is 4.14. The summed E-state index contributed by atoms with van der Waals surface area (Å²) in [4.78, 5) is 13.1. The van der Waals surface area contributed by atoms with Crippen molar-refractivity contribution in [2.45, 2.75) is 38.3 Å². The van der Waals surface area contributed by atoms with E-state index in [1.54, 1.807) is 0 Å². The molecule has 2 fully saturated rings. The lowest BCUT2D eigenvalue weighted by Gasteiger charge is -2.19. The van der Waals surface area contributed by atoms with Gasteiger partial charge in [0.25, 0.3) is 0 Å². The molecule has 1 N–H and O–H groups in total. The van der Waals surface area contributed by atoms with Gasteiger partial charge in [-0.2, -0.15) is 0 Å². The van der Waals surface area contributed by atoms with Gasteiger partial charge < -0.3 is 9.63 Å². The van der Waals surface area contributed by atoms with Gasteiger partial charge in [-0.15, -0.1) is 0 Å². The summed E-state index contributed by atoms with van der Waals surface area (Å²) in [5, 5.41) is 12.3. The summed E-state index contributed by atoms with van der Waals surface area (Å²) in [7, 11) is 0. The molecule has 0 amide bonds. The zero-order valence-electron chi connectivity index (χ0n) is 9.63. The van der Waals surface area contributed by atoms with Crippen LogP contribution in [-0.4, -0.2) is 33.7 Å². The zero-order chi connectivity index (χ0) is 11.8. The van der Waals surface area contributed by atoms with Crippen molar-refractivity contribution in [3.8, 4) is 0 Å². The second-order valence-corrected chi connectivity index (χ2v) is 5.09. The Kier molecular flexibility index (Phi) is 2.63. The summed E-state index contributed by atoms with van der Waals surface area (Å²) in [6.07, 6.45) is 5.18. The molecule has 2 saturated carbocycles. The van der Waals surface area contributed by atoms with E-state index in [4.69, 9.17) is 9.63 Å². The molecule has 1 aromatic rings. The SMILES string of the molecule is O=C(O)c1cc(CN(CC2CC2)C2CC2)on1. The number of hydrogen-bond donors (Lipinski definition) is 1. The van der Waals surface area contributed by atoms with Crippen LogP contribution >= 0.6 is 0 Å². The van der Waals surface area contributed by atoms with Gasteiger partial charge in [-0.25, -0.2) is 4.79 Å². The molecule has 1 aromatic heterocycles. The standard InChI is InChI=1S/C12H16N2O3/c15-12(16)11-5-10(17-13-11)7-14(9-3-4-9)6-8-1-2-8/h5,8-9H,1-4,6-7H2,(H,15,16). The summed E-state index contributed by atoms with van der Waals surface area (Å²) >= 11 is 0. The molecule has 17 heavy (non-hydrogen) atoms. The van der Waals surface area contributed by atoms with Gasteiger partial charge in [0.1, 0.15) is 0 Å². The summed E-state index contributed by atoms with van der Waals surface area (Å²) in [6.45, 7) is 1.81. The first-order valence-corrected chi connectivity index (χ1v) is 6.15. The maximum atomic E-state index is 10.7. The predicted octanol–water partition coefficient (Wildman–Crippen LogP) is 1.75. The van der Waals surface area contributed by atoms with Crippen LogP contribution < -0.4 is 0 Å². The highest BCUT2D eigenvalue weighted by Crippen LogP contribution is 2.35. The monoisotopic (exact) mass is 236 g/mol. The van der Waals surface area contributed by atoms with Crippen LogP contribution in [0.3, 0.4) is 0 Å². The van der Waals surface area contributed by atoms with Crippen molar-refractivity contribution in [3.63, 3.8) is 0 Å². The van der Waals surface area contributed by atoms with Gasteiger partial charge in [-0.3, -0.25) is 4.90 Å². The van der Waals surface area contributed by atoms with Gasteiger partial charge in [-0.1, -0.05) is 5.16 Å². The minimum absolute atomic E-state index is 0.00201. The van der Waals surface area contributed by atoms with E-state index in [9.17, 15) is 4.79 Å². The number of aromatic carboxylic acids is 1. The zero-order valence-corrected chi connectivity index (χ0v) is 9.63. The molecule has 2 aliphatic rings. The highest BCUT2D eigenvalue weighted by Gasteiger charge is 2.34. The number of carboxylic acid groups (broad SMARTS) is 1. The first-order valence-electron chi connectivity index (χ1n) is 6.15. The molecule has 0 aliphatic heterocycles. The largest absolute Gasteiger partial charge is 0.476 e. The molecule has 0 saturated heterocycles. The van der Waals surface area contributed by atoms with Crippen LogP contribution in [0.2, 0.25) is 0 Å². The average Bonchev–Trinajstić information content (AvgIpc) is 3.17. The third-order valence-electron chi connectivity index (χ3n) is 3.39. The number of rotatable bonds is 6. The van der Waals surface area contributed by atoms with Crippen molar-refractivity contribution >= 4 is 5.97 Å². The topological polar surface area (TPSA) is 66.6 Å². The summed E-state index contributed by atoms with van der Waals surface area (Å²) in [5.74, 6) is 0.479. The molecule has 0 bridgehead atoms. The highest BCUT2D eigenvalue weighted by atomic mass is 16.5. The van der Waals surface area contributed by atoms with Crippen LogP contribution in [0.25, 0.3) is 0 Å². The van der Waals surface area contributed by atoms with E-state index in [2.05, 4.69) is 10.1 Å². The van der Waals surface area contributed by atoms with E-state index in [-0.39, 0.29) is 5.69 Å². The molecule has 3 rings (SSSR count). The number of aromatic nitrogens is 1. The van der Waals surface area contributed by atoms with Crippen LogP contribution in [0.5, 0.6) is 0 Å². The molecule has 92 valence electrons. The Balaban J connectivity index is 1.63. The van der Waals surface area contributed by atoms with E-state index in [1.807, 2.05) is 0 Å². The van der Waals surface area contributed by atoms with E-state index in [0.717, 1.165) is 12.5 Å². The summed E-state index contributed by atoms with van der Waals surface area (Å²) in [5.41, 5.74) is 0.00201. The molecule has 0 unspecified atom stereocenters. The quantitative estimate of drug-likeness (QED) is 0.815. The molecular weight excluding hydrogens is 220 g/mol. The average molecular weight is 236 g/mol. The lowest BCUT2D eigenvalue weighted by Crippen LogP contribution is -2.27. The number of carbonyl (C=O) groups is 1. The Bertz CT molecular complexity index is 421. The van der Waals surface area contributed by atoms with Gasteiger partial charge >= 0.3 is 5.97 Å². The maximum Gasteiger partial charge on any atom is 0.358 e. The second-order valence-electron chi connectivity index (χ2n) is 5.09. The van der Waals surface area contributed by atoms with Crippen molar-refractivity contribution in [3.05, 3.63) is 17.5 Å². The van der Waals surface area contributed by atoms with Gasteiger partial charge in [0.15, 0.2) is 11.5 Å². The minimum Gasteiger partial charge on any atom is -0.476 e. The number of nitrogens with zero attached hydrogens (tertiary/aromatic N) is 2. The molecule has 5 heteroatoms. The molecule has 0 aromatic carbocycles. The van der Waals surface area contributed by atoms with Crippen LogP contribution in [-0.2, 0) is 6.54 Å². The maximum absolute atomic E-state index is 10.7. The minimum atomic E-state index is -1.03. The predicted molar refractivity (Wildman–Crippen MR) is 59.6 cm³/mol. The lowest BCUT2D eigenvalue weighted by molar-refractivity contribution is 0.0685. The van der Waals surface area contributed by atoms with E-state index in [0.29, 0.717) is 18.3 Å². The summed E-state index contributed by atoms with van der Waals surface area (Å²) < 4.78 is 5.06. The number of carboxylic acids is 1. The van der Waals surface area contributed by atoms with Gasteiger partial charge in [0, 0.05) is 18.7 Å². The first kappa shape index (κ1) is 10.8. The fraction of sp³-hybridized carbons (Fsp3) is 0.667. The molecule has 0 atom stereocenters. The Morgan fingerprint density at radius 3 is 2.76 bits per heavy atom. The van der Waals surface area contributed by atoms with Crippen molar-refractivity contribution in [1.82, 2.24) is 10.1 Å². The normalized spacial score (nSPS) is 19.8.